The third kappa shape index (κ3) is 6.70. The molecule has 1 heterocycles. The van der Waals surface area contributed by atoms with Crippen LogP contribution in [0.15, 0.2) is 35.9 Å². The number of ether oxygens (including phenoxy) is 4. The van der Waals surface area contributed by atoms with Crippen LogP contribution in [0.25, 0.3) is 0 Å². The molecule has 3 rings (SSSR count). The number of rotatable bonds is 12. The van der Waals surface area contributed by atoms with Crippen LogP contribution in [-0.4, -0.2) is 43.1 Å². The molecule has 2 aromatic carbocycles. The Morgan fingerprint density at radius 3 is 2.47 bits per heavy atom. The van der Waals surface area contributed by atoms with Crippen molar-refractivity contribution in [3.63, 3.8) is 0 Å². The van der Waals surface area contributed by atoms with Gasteiger partial charge in [0.1, 0.15) is 23.7 Å². The van der Waals surface area contributed by atoms with Crippen molar-refractivity contribution in [1.82, 2.24) is 0 Å². The zero-order valence-electron chi connectivity index (χ0n) is 21.8. The molecular weight excluding hydrogens is 494 g/mol. The third-order valence-electron chi connectivity index (χ3n) is 6.17. The quantitative estimate of drug-likeness (QED) is 0.235. The summed E-state index contributed by atoms with van der Waals surface area (Å²) in [6.45, 7) is 3.61. The van der Waals surface area contributed by atoms with Gasteiger partial charge in [-0.3, -0.25) is 14.4 Å². The van der Waals surface area contributed by atoms with Crippen LogP contribution < -0.4 is 19.5 Å². The molecule has 0 spiro atoms. The van der Waals surface area contributed by atoms with Crippen LogP contribution in [0.1, 0.15) is 59.7 Å². The number of carboxylic acids is 1. The Morgan fingerprint density at radius 2 is 1.79 bits per heavy atom. The van der Waals surface area contributed by atoms with Gasteiger partial charge < -0.3 is 29.4 Å². The molecule has 0 aliphatic carbocycles. The van der Waals surface area contributed by atoms with E-state index in [9.17, 15) is 19.2 Å². The fourth-order valence-corrected chi connectivity index (χ4v) is 4.15. The number of fused-ring (bicyclic) bond motifs is 1. The molecule has 10 nitrogen and oxygen atoms in total. The summed E-state index contributed by atoms with van der Waals surface area (Å²) in [7, 11) is 2.97. The van der Waals surface area contributed by atoms with E-state index in [1.54, 1.807) is 38.1 Å². The molecule has 202 valence electrons. The second-order valence-corrected chi connectivity index (χ2v) is 8.77. The lowest BCUT2D eigenvalue weighted by Gasteiger charge is -2.19. The number of para-hydroxylation sites is 2. The Balaban J connectivity index is 1.83. The Labute approximate surface area is 220 Å². The highest BCUT2D eigenvalue weighted by molar-refractivity contribution is 5.99. The number of carbonyl (C=O) groups excluding carboxylic acids is 3. The number of hydrogen-bond donors (Lipinski definition) is 2. The van der Waals surface area contributed by atoms with Gasteiger partial charge in [-0.05, 0) is 44.4 Å². The SMILES string of the molecule is COc1ccccc1NC(=O)CCC(=O)Oc1c(C/C=C(\C)CCC(=O)O)c(OC)c(C)c2c1C(=O)OC2. The molecule has 0 bridgehead atoms. The number of aliphatic carboxylic acids is 1. The Kier molecular flexibility index (Phi) is 9.48. The lowest BCUT2D eigenvalue weighted by Crippen LogP contribution is -2.18. The van der Waals surface area contributed by atoms with E-state index < -0.39 is 23.8 Å². The van der Waals surface area contributed by atoms with Crippen molar-refractivity contribution in [2.45, 2.75) is 52.6 Å². The summed E-state index contributed by atoms with van der Waals surface area (Å²) >= 11 is 0. The third-order valence-corrected chi connectivity index (χ3v) is 6.17. The molecule has 2 N–H and O–H groups in total. The maximum Gasteiger partial charge on any atom is 0.342 e. The largest absolute Gasteiger partial charge is 0.496 e. The van der Waals surface area contributed by atoms with E-state index in [0.29, 0.717) is 40.3 Å². The van der Waals surface area contributed by atoms with Gasteiger partial charge in [-0.15, -0.1) is 0 Å². The molecule has 1 aliphatic rings. The zero-order valence-corrected chi connectivity index (χ0v) is 21.8. The summed E-state index contributed by atoms with van der Waals surface area (Å²) in [5.74, 6) is -1.68. The van der Waals surface area contributed by atoms with Gasteiger partial charge in [-0.2, -0.15) is 0 Å². The average Bonchev–Trinajstić information content (AvgIpc) is 3.28. The monoisotopic (exact) mass is 525 g/mol. The predicted octanol–water partition coefficient (Wildman–Crippen LogP) is 4.36. The first-order chi connectivity index (χ1) is 18.2. The number of carbonyl (C=O) groups is 4. The molecule has 1 aliphatic heterocycles. The fraction of sp³-hybridized carbons (Fsp3) is 0.357. The smallest absolute Gasteiger partial charge is 0.342 e. The molecule has 0 fully saturated rings. The number of amides is 1. The second kappa shape index (κ2) is 12.8. The Bertz CT molecular complexity index is 1280. The fourth-order valence-electron chi connectivity index (χ4n) is 4.15. The van der Waals surface area contributed by atoms with Crippen LogP contribution in [0.3, 0.4) is 0 Å². The van der Waals surface area contributed by atoms with E-state index in [-0.39, 0.29) is 43.6 Å². The molecule has 0 saturated carbocycles. The first-order valence-corrected chi connectivity index (χ1v) is 12.1. The highest BCUT2D eigenvalue weighted by Crippen LogP contribution is 2.43. The van der Waals surface area contributed by atoms with E-state index in [1.165, 1.54) is 14.2 Å². The standard InChI is InChI=1S/C28H31NO9/c1-16(10-13-23(31)32)9-11-18-26(36-4)17(2)19-15-37-28(34)25(19)27(18)38-24(33)14-12-22(30)29-20-7-5-6-8-21(20)35-3/h5-9H,10-15H2,1-4H3,(H,29,30)(H,31,32)/b16-9+. The number of hydrogen-bond acceptors (Lipinski definition) is 8. The van der Waals surface area contributed by atoms with Gasteiger partial charge in [0, 0.05) is 24.0 Å². The number of esters is 2. The summed E-state index contributed by atoms with van der Waals surface area (Å²) in [6.07, 6.45) is 1.97. The van der Waals surface area contributed by atoms with Crippen LogP contribution in [0.2, 0.25) is 0 Å². The number of carboxylic acid groups (broad SMARTS) is 1. The minimum absolute atomic E-state index is 0.0201. The van der Waals surface area contributed by atoms with E-state index >= 15 is 0 Å². The summed E-state index contributed by atoms with van der Waals surface area (Å²) in [6, 6.07) is 6.90. The number of anilines is 1. The van der Waals surface area contributed by atoms with Crippen LogP contribution in [-0.2, 0) is 32.1 Å². The molecule has 10 heteroatoms. The van der Waals surface area contributed by atoms with Crippen molar-refractivity contribution in [2.75, 3.05) is 19.5 Å². The number of allylic oxidation sites excluding steroid dienone is 2. The second-order valence-electron chi connectivity index (χ2n) is 8.77. The number of cyclic esters (lactones) is 1. The van der Waals surface area contributed by atoms with Crippen molar-refractivity contribution in [3.05, 3.63) is 58.2 Å². The molecule has 38 heavy (non-hydrogen) atoms. The molecule has 2 aromatic rings. The van der Waals surface area contributed by atoms with E-state index in [4.69, 9.17) is 24.1 Å². The molecule has 1 amide bonds. The molecule has 0 atom stereocenters. The molecule has 0 unspecified atom stereocenters. The lowest BCUT2D eigenvalue weighted by atomic mass is 9.94. The van der Waals surface area contributed by atoms with Gasteiger partial charge in [0.15, 0.2) is 5.75 Å². The number of nitrogens with one attached hydrogen (secondary N) is 1. The highest BCUT2D eigenvalue weighted by atomic mass is 16.6. The van der Waals surface area contributed by atoms with Crippen LogP contribution >= 0.6 is 0 Å². The Morgan fingerprint density at radius 1 is 1.05 bits per heavy atom. The summed E-state index contributed by atoms with van der Waals surface area (Å²) < 4.78 is 21.7. The van der Waals surface area contributed by atoms with E-state index in [2.05, 4.69) is 5.32 Å². The molecule has 0 aromatic heterocycles. The highest BCUT2D eigenvalue weighted by Gasteiger charge is 2.34. The van der Waals surface area contributed by atoms with Crippen molar-refractivity contribution >= 4 is 29.5 Å². The van der Waals surface area contributed by atoms with Gasteiger partial charge >= 0.3 is 17.9 Å². The topological polar surface area (TPSA) is 137 Å². The molecule has 0 saturated heterocycles. The van der Waals surface area contributed by atoms with E-state index in [1.807, 2.05) is 6.08 Å². The van der Waals surface area contributed by atoms with Crippen molar-refractivity contribution in [3.8, 4) is 17.2 Å². The first-order valence-electron chi connectivity index (χ1n) is 12.1. The van der Waals surface area contributed by atoms with Gasteiger partial charge in [0.25, 0.3) is 0 Å². The minimum Gasteiger partial charge on any atom is -0.496 e. The minimum atomic E-state index is -0.907. The predicted molar refractivity (Wildman–Crippen MR) is 138 cm³/mol. The normalized spacial score (nSPS) is 12.4. The number of benzene rings is 2. The van der Waals surface area contributed by atoms with Crippen molar-refractivity contribution in [1.29, 1.82) is 0 Å². The summed E-state index contributed by atoms with van der Waals surface area (Å²) in [4.78, 5) is 48.8. The molecular formula is C28H31NO9. The van der Waals surface area contributed by atoms with Gasteiger partial charge in [0.2, 0.25) is 5.91 Å². The van der Waals surface area contributed by atoms with Gasteiger partial charge in [-0.1, -0.05) is 23.8 Å². The van der Waals surface area contributed by atoms with Gasteiger partial charge in [0.05, 0.1) is 26.3 Å². The number of methoxy groups -OCH3 is 2. The van der Waals surface area contributed by atoms with Crippen molar-refractivity contribution < 1.29 is 43.2 Å². The van der Waals surface area contributed by atoms with E-state index in [0.717, 1.165) is 5.57 Å². The first kappa shape index (κ1) is 28.2. The average molecular weight is 526 g/mol. The summed E-state index contributed by atoms with van der Waals surface area (Å²) in [5, 5.41) is 11.7. The summed E-state index contributed by atoms with van der Waals surface area (Å²) in [5.41, 5.74) is 3.17. The van der Waals surface area contributed by atoms with Crippen molar-refractivity contribution in [2.24, 2.45) is 0 Å². The molecule has 0 radical (unpaired) electrons. The lowest BCUT2D eigenvalue weighted by molar-refractivity contribution is -0.137. The van der Waals surface area contributed by atoms with Crippen LogP contribution in [0.5, 0.6) is 17.2 Å². The van der Waals surface area contributed by atoms with Gasteiger partial charge in [-0.25, -0.2) is 4.79 Å². The van der Waals surface area contributed by atoms with Crippen LogP contribution in [0, 0.1) is 6.92 Å². The Hall–Kier alpha value is -4.34. The maximum atomic E-state index is 12.9. The zero-order chi connectivity index (χ0) is 27.8. The van der Waals surface area contributed by atoms with Crippen LogP contribution in [0.4, 0.5) is 5.69 Å². The maximum absolute atomic E-state index is 12.9.